The minimum Gasteiger partial charge on any atom is -0.462 e. The molecule has 116 valence electrons. The smallest absolute Gasteiger partial charge is 0.129 e. The molecule has 0 aliphatic carbocycles. The van der Waals surface area contributed by atoms with Crippen molar-refractivity contribution in [1.29, 1.82) is 0 Å². The van der Waals surface area contributed by atoms with Crippen LogP contribution in [0.15, 0.2) is 16.5 Å². The van der Waals surface area contributed by atoms with Crippen molar-refractivity contribution in [3.05, 3.63) is 40.6 Å². The minimum atomic E-state index is -0.0480. The predicted molar refractivity (Wildman–Crippen MR) is 81.8 cm³/mol. The van der Waals surface area contributed by atoms with Gasteiger partial charge in [-0.25, -0.2) is 0 Å². The van der Waals surface area contributed by atoms with Crippen molar-refractivity contribution >= 4 is 0 Å². The van der Waals surface area contributed by atoms with Gasteiger partial charge in [0.25, 0.3) is 0 Å². The summed E-state index contributed by atoms with van der Waals surface area (Å²) in [5.41, 5.74) is 3.64. The summed E-state index contributed by atoms with van der Waals surface area (Å²) in [6.07, 6.45) is 0. The van der Waals surface area contributed by atoms with E-state index in [4.69, 9.17) is 9.52 Å². The predicted octanol–water partition coefficient (Wildman–Crippen LogP) is 2.63. The van der Waals surface area contributed by atoms with E-state index in [2.05, 4.69) is 42.4 Å². The molecule has 0 unspecified atom stereocenters. The lowest BCUT2D eigenvalue weighted by Crippen LogP contribution is -2.22. The lowest BCUT2D eigenvalue weighted by Gasteiger charge is -2.19. The van der Waals surface area contributed by atoms with Gasteiger partial charge in [-0.05, 0) is 39.4 Å². The quantitative estimate of drug-likeness (QED) is 0.852. The van der Waals surface area contributed by atoms with E-state index in [0.29, 0.717) is 5.76 Å². The fraction of sp³-hybridized carbons (Fsp3) is 0.562. The first-order valence-electron chi connectivity index (χ1n) is 7.52. The molecule has 2 aromatic rings. The van der Waals surface area contributed by atoms with E-state index in [-0.39, 0.29) is 6.61 Å². The Morgan fingerprint density at radius 2 is 1.90 bits per heavy atom. The van der Waals surface area contributed by atoms with Gasteiger partial charge in [0.2, 0.25) is 0 Å². The standard InChI is InChI=1S/C16H25N3O2/c1-5-18(9-14-7-8-15(11-20)21-14)10-16-12(3)17-19(6-2)13(16)4/h7-8,20H,5-6,9-11H2,1-4H3. The topological polar surface area (TPSA) is 54.4 Å². The summed E-state index contributed by atoms with van der Waals surface area (Å²) in [4.78, 5) is 2.32. The summed E-state index contributed by atoms with van der Waals surface area (Å²) in [6, 6.07) is 3.76. The van der Waals surface area contributed by atoms with Crippen LogP contribution in [-0.2, 0) is 26.2 Å². The highest BCUT2D eigenvalue weighted by molar-refractivity contribution is 5.24. The van der Waals surface area contributed by atoms with Gasteiger partial charge in [-0.3, -0.25) is 9.58 Å². The maximum atomic E-state index is 9.06. The van der Waals surface area contributed by atoms with Crippen molar-refractivity contribution in [3.63, 3.8) is 0 Å². The number of hydrogen-bond acceptors (Lipinski definition) is 4. The van der Waals surface area contributed by atoms with Crippen LogP contribution >= 0.6 is 0 Å². The molecule has 0 saturated heterocycles. The zero-order chi connectivity index (χ0) is 15.4. The molecule has 1 N–H and O–H groups in total. The molecular formula is C16H25N3O2. The SMILES string of the molecule is CCN(Cc1ccc(CO)o1)Cc1c(C)nn(CC)c1C. The largest absolute Gasteiger partial charge is 0.462 e. The van der Waals surface area contributed by atoms with Crippen molar-refractivity contribution in [1.82, 2.24) is 14.7 Å². The zero-order valence-corrected chi connectivity index (χ0v) is 13.4. The Bertz CT molecular complexity index is 586. The number of furan rings is 1. The summed E-state index contributed by atoms with van der Waals surface area (Å²) in [7, 11) is 0. The average Bonchev–Trinajstić information content (AvgIpc) is 3.05. The number of aliphatic hydroxyl groups excluding tert-OH is 1. The Kier molecular flexibility index (Phi) is 5.20. The summed E-state index contributed by atoms with van der Waals surface area (Å²) < 4.78 is 7.63. The summed E-state index contributed by atoms with van der Waals surface area (Å²) in [5, 5.41) is 13.6. The van der Waals surface area contributed by atoms with Crippen LogP contribution in [0.3, 0.4) is 0 Å². The van der Waals surface area contributed by atoms with Crippen LogP contribution < -0.4 is 0 Å². The van der Waals surface area contributed by atoms with Gasteiger partial charge >= 0.3 is 0 Å². The molecule has 0 spiro atoms. The molecule has 5 heteroatoms. The average molecular weight is 291 g/mol. The molecule has 0 saturated carbocycles. The molecule has 0 fully saturated rings. The molecule has 2 aromatic heterocycles. The number of rotatable bonds is 7. The second kappa shape index (κ2) is 6.91. The molecule has 0 aromatic carbocycles. The molecule has 0 aliphatic heterocycles. The van der Waals surface area contributed by atoms with Gasteiger partial charge in [-0.1, -0.05) is 6.92 Å². The van der Waals surface area contributed by atoms with E-state index < -0.39 is 0 Å². The molecule has 0 radical (unpaired) electrons. The van der Waals surface area contributed by atoms with Crippen LogP contribution in [0.4, 0.5) is 0 Å². The fourth-order valence-electron chi connectivity index (χ4n) is 2.59. The zero-order valence-electron chi connectivity index (χ0n) is 13.4. The third-order valence-corrected chi connectivity index (χ3v) is 3.91. The lowest BCUT2D eigenvalue weighted by molar-refractivity contribution is 0.219. The number of nitrogens with zero attached hydrogens (tertiary/aromatic N) is 3. The third-order valence-electron chi connectivity index (χ3n) is 3.91. The van der Waals surface area contributed by atoms with E-state index in [9.17, 15) is 0 Å². The molecular weight excluding hydrogens is 266 g/mol. The van der Waals surface area contributed by atoms with E-state index in [1.807, 2.05) is 12.1 Å². The summed E-state index contributed by atoms with van der Waals surface area (Å²) >= 11 is 0. The Morgan fingerprint density at radius 1 is 1.19 bits per heavy atom. The number of aryl methyl sites for hydroxylation is 2. The minimum absolute atomic E-state index is 0.0480. The van der Waals surface area contributed by atoms with Crippen molar-refractivity contribution in [2.24, 2.45) is 0 Å². The van der Waals surface area contributed by atoms with Crippen LogP contribution in [0.25, 0.3) is 0 Å². The molecule has 0 atom stereocenters. The second-order valence-electron chi connectivity index (χ2n) is 5.29. The number of aromatic nitrogens is 2. The molecule has 2 heterocycles. The fourth-order valence-corrected chi connectivity index (χ4v) is 2.59. The molecule has 5 nitrogen and oxygen atoms in total. The van der Waals surface area contributed by atoms with Gasteiger partial charge in [-0.15, -0.1) is 0 Å². The van der Waals surface area contributed by atoms with Gasteiger partial charge in [0.15, 0.2) is 0 Å². The van der Waals surface area contributed by atoms with Crippen LogP contribution in [0, 0.1) is 13.8 Å². The summed E-state index contributed by atoms with van der Waals surface area (Å²) in [5.74, 6) is 1.51. The van der Waals surface area contributed by atoms with E-state index >= 15 is 0 Å². The highest BCUT2D eigenvalue weighted by Gasteiger charge is 2.15. The van der Waals surface area contributed by atoms with Gasteiger partial charge in [0.05, 0.1) is 12.2 Å². The Balaban J connectivity index is 2.10. The third kappa shape index (κ3) is 3.54. The van der Waals surface area contributed by atoms with Crippen molar-refractivity contribution in [3.8, 4) is 0 Å². The highest BCUT2D eigenvalue weighted by Crippen LogP contribution is 2.18. The van der Waals surface area contributed by atoms with Crippen LogP contribution in [0.1, 0.15) is 42.3 Å². The molecule has 0 bridgehead atoms. The number of aliphatic hydroxyl groups is 1. The first-order chi connectivity index (χ1) is 10.1. The van der Waals surface area contributed by atoms with Crippen LogP contribution in [0.5, 0.6) is 0 Å². The van der Waals surface area contributed by atoms with Gasteiger partial charge in [0.1, 0.15) is 18.1 Å². The Hall–Kier alpha value is -1.59. The van der Waals surface area contributed by atoms with Crippen LogP contribution in [-0.4, -0.2) is 26.3 Å². The first-order valence-corrected chi connectivity index (χ1v) is 7.52. The van der Waals surface area contributed by atoms with E-state index in [1.54, 1.807) is 0 Å². The monoisotopic (exact) mass is 291 g/mol. The maximum Gasteiger partial charge on any atom is 0.129 e. The normalized spacial score (nSPS) is 11.5. The first kappa shape index (κ1) is 15.8. The number of hydrogen-bond donors (Lipinski definition) is 1. The lowest BCUT2D eigenvalue weighted by atomic mass is 10.2. The van der Waals surface area contributed by atoms with Gasteiger partial charge < -0.3 is 9.52 Å². The molecule has 0 amide bonds. The summed E-state index contributed by atoms with van der Waals surface area (Å²) in [6.45, 7) is 11.8. The van der Waals surface area contributed by atoms with Crippen molar-refractivity contribution in [2.75, 3.05) is 6.54 Å². The second-order valence-corrected chi connectivity index (χ2v) is 5.29. The Morgan fingerprint density at radius 3 is 2.43 bits per heavy atom. The Labute approximate surface area is 126 Å². The van der Waals surface area contributed by atoms with Crippen LogP contribution in [0.2, 0.25) is 0 Å². The van der Waals surface area contributed by atoms with E-state index in [0.717, 1.165) is 37.6 Å². The molecule has 2 rings (SSSR count). The molecule has 0 aliphatic rings. The molecule has 21 heavy (non-hydrogen) atoms. The highest BCUT2D eigenvalue weighted by atomic mass is 16.4. The van der Waals surface area contributed by atoms with Crippen molar-refractivity contribution in [2.45, 2.75) is 53.9 Å². The van der Waals surface area contributed by atoms with Gasteiger partial charge in [-0.2, -0.15) is 5.10 Å². The van der Waals surface area contributed by atoms with Crippen molar-refractivity contribution < 1.29 is 9.52 Å². The van der Waals surface area contributed by atoms with E-state index in [1.165, 1.54) is 11.3 Å². The maximum absolute atomic E-state index is 9.06. The van der Waals surface area contributed by atoms with Gasteiger partial charge in [0, 0.05) is 24.3 Å².